The summed E-state index contributed by atoms with van der Waals surface area (Å²) in [6.45, 7) is 6.76. The minimum absolute atomic E-state index is 0.0581. The first-order valence-electron chi connectivity index (χ1n) is 7.60. The SMILES string of the molecule is C[C@H]1C(=O)N(CCCN2CCCCC2)CCN1C(=O)O. The molecule has 2 aliphatic rings. The van der Waals surface area contributed by atoms with E-state index in [0.29, 0.717) is 13.1 Å². The molecule has 0 aromatic heterocycles. The summed E-state index contributed by atoms with van der Waals surface area (Å²) in [4.78, 5) is 28.6. The van der Waals surface area contributed by atoms with Crippen molar-refractivity contribution in [2.75, 3.05) is 39.3 Å². The molecule has 0 saturated carbocycles. The average molecular weight is 283 g/mol. The molecule has 2 saturated heterocycles. The maximum Gasteiger partial charge on any atom is 0.408 e. The number of carboxylic acid groups (broad SMARTS) is 1. The van der Waals surface area contributed by atoms with E-state index >= 15 is 0 Å². The van der Waals surface area contributed by atoms with Gasteiger partial charge in [-0.1, -0.05) is 6.42 Å². The molecule has 1 N–H and O–H groups in total. The number of piperidine rings is 1. The van der Waals surface area contributed by atoms with Crippen LogP contribution in [0.1, 0.15) is 32.6 Å². The monoisotopic (exact) mass is 283 g/mol. The summed E-state index contributed by atoms with van der Waals surface area (Å²) in [5, 5.41) is 9.01. The molecule has 2 fully saturated rings. The van der Waals surface area contributed by atoms with Crippen molar-refractivity contribution >= 4 is 12.0 Å². The third kappa shape index (κ3) is 3.62. The van der Waals surface area contributed by atoms with Crippen molar-refractivity contribution < 1.29 is 14.7 Å². The first-order valence-corrected chi connectivity index (χ1v) is 7.60. The lowest BCUT2D eigenvalue weighted by molar-refractivity contribution is -0.139. The molecule has 0 unspecified atom stereocenters. The van der Waals surface area contributed by atoms with Gasteiger partial charge in [0.2, 0.25) is 5.91 Å². The number of hydrogen-bond acceptors (Lipinski definition) is 3. The fourth-order valence-electron chi connectivity index (χ4n) is 3.08. The minimum Gasteiger partial charge on any atom is -0.465 e. The third-order valence-corrected chi connectivity index (χ3v) is 4.34. The van der Waals surface area contributed by atoms with Crippen LogP contribution in [0.3, 0.4) is 0 Å². The highest BCUT2D eigenvalue weighted by Gasteiger charge is 2.33. The Labute approximate surface area is 120 Å². The van der Waals surface area contributed by atoms with E-state index in [1.165, 1.54) is 37.3 Å². The highest BCUT2D eigenvalue weighted by Crippen LogP contribution is 2.13. The Morgan fingerprint density at radius 3 is 2.50 bits per heavy atom. The minimum atomic E-state index is -1.00. The Morgan fingerprint density at radius 1 is 1.15 bits per heavy atom. The second-order valence-electron chi connectivity index (χ2n) is 5.73. The number of carbonyl (C=O) groups excluding carboxylic acids is 1. The second-order valence-corrected chi connectivity index (χ2v) is 5.73. The number of hydrogen-bond donors (Lipinski definition) is 1. The predicted molar refractivity (Wildman–Crippen MR) is 75.7 cm³/mol. The van der Waals surface area contributed by atoms with Gasteiger partial charge in [0.25, 0.3) is 0 Å². The number of amides is 2. The lowest BCUT2D eigenvalue weighted by Gasteiger charge is -2.38. The van der Waals surface area contributed by atoms with Gasteiger partial charge >= 0.3 is 6.09 Å². The van der Waals surface area contributed by atoms with Gasteiger partial charge in [-0.25, -0.2) is 4.79 Å². The van der Waals surface area contributed by atoms with Gasteiger partial charge in [0.05, 0.1) is 0 Å². The Morgan fingerprint density at radius 2 is 1.85 bits per heavy atom. The molecule has 6 nitrogen and oxygen atoms in total. The van der Waals surface area contributed by atoms with Gasteiger partial charge in [0, 0.05) is 19.6 Å². The van der Waals surface area contributed by atoms with Crippen molar-refractivity contribution in [3.8, 4) is 0 Å². The van der Waals surface area contributed by atoms with E-state index in [4.69, 9.17) is 5.11 Å². The second kappa shape index (κ2) is 6.92. The standard InChI is InChI=1S/C14H25N3O3/c1-12-13(18)16(10-11-17(12)14(19)20)9-5-8-15-6-3-2-4-7-15/h12H,2-11H2,1H3,(H,19,20)/t12-/m0/s1. The zero-order chi connectivity index (χ0) is 14.5. The van der Waals surface area contributed by atoms with Gasteiger partial charge in [-0.15, -0.1) is 0 Å². The Hall–Kier alpha value is -1.30. The molecule has 0 spiro atoms. The van der Waals surface area contributed by atoms with Crippen LogP contribution in [0.4, 0.5) is 4.79 Å². The van der Waals surface area contributed by atoms with Crippen LogP contribution < -0.4 is 0 Å². The van der Waals surface area contributed by atoms with Crippen molar-refractivity contribution in [1.29, 1.82) is 0 Å². The van der Waals surface area contributed by atoms with Gasteiger partial charge in [-0.05, 0) is 45.8 Å². The van der Waals surface area contributed by atoms with E-state index in [-0.39, 0.29) is 5.91 Å². The molecule has 20 heavy (non-hydrogen) atoms. The van der Waals surface area contributed by atoms with Gasteiger partial charge in [0.15, 0.2) is 0 Å². The van der Waals surface area contributed by atoms with E-state index < -0.39 is 12.1 Å². The highest BCUT2D eigenvalue weighted by molar-refractivity contribution is 5.86. The number of carbonyl (C=O) groups is 2. The Balaban J connectivity index is 1.73. The lowest BCUT2D eigenvalue weighted by atomic mass is 10.1. The van der Waals surface area contributed by atoms with Gasteiger partial charge in [0.1, 0.15) is 6.04 Å². The molecule has 6 heteroatoms. The van der Waals surface area contributed by atoms with E-state index in [9.17, 15) is 9.59 Å². The van der Waals surface area contributed by atoms with E-state index in [0.717, 1.165) is 19.5 Å². The first-order chi connectivity index (χ1) is 9.59. The summed E-state index contributed by atoms with van der Waals surface area (Å²) < 4.78 is 0. The molecule has 2 heterocycles. The van der Waals surface area contributed by atoms with Gasteiger partial charge in [-0.2, -0.15) is 0 Å². The molecule has 0 bridgehead atoms. The van der Waals surface area contributed by atoms with Crippen LogP contribution in [-0.2, 0) is 4.79 Å². The number of likely N-dealkylation sites (tertiary alicyclic amines) is 1. The van der Waals surface area contributed by atoms with Crippen LogP contribution in [0.25, 0.3) is 0 Å². The normalized spacial score (nSPS) is 25.1. The molecule has 2 aliphatic heterocycles. The predicted octanol–water partition coefficient (Wildman–Crippen LogP) is 1.07. The van der Waals surface area contributed by atoms with Crippen LogP contribution in [0.2, 0.25) is 0 Å². The topological polar surface area (TPSA) is 64.1 Å². The molecule has 0 aromatic rings. The fraction of sp³-hybridized carbons (Fsp3) is 0.857. The number of nitrogens with zero attached hydrogens (tertiary/aromatic N) is 3. The van der Waals surface area contributed by atoms with Crippen molar-refractivity contribution in [2.45, 2.75) is 38.6 Å². The van der Waals surface area contributed by atoms with Gasteiger partial charge in [-0.3, -0.25) is 9.69 Å². The Bertz CT molecular complexity index is 356. The van der Waals surface area contributed by atoms with Crippen LogP contribution in [0, 0.1) is 0 Å². The zero-order valence-electron chi connectivity index (χ0n) is 12.3. The molecular weight excluding hydrogens is 258 g/mol. The van der Waals surface area contributed by atoms with E-state index in [1.54, 1.807) is 6.92 Å². The number of piperazine rings is 1. The maximum absolute atomic E-state index is 12.1. The van der Waals surface area contributed by atoms with Crippen molar-refractivity contribution in [2.24, 2.45) is 0 Å². The molecular formula is C14H25N3O3. The summed E-state index contributed by atoms with van der Waals surface area (Å²) in [6, 6.07) is -0.545. The summed E-state index contributed by atoms with van der Waals surface area (Å²) in [5.41, 5.74) is 0. The molecule has 114 valence electrons. The molecule has 0 aliphatic carbocycles. The van der Waals surface area contributed by atoms with E-state index in [2.05, 4.69) is 4.90 Å². The fourth-order valence-corrected chi connectivity index (χ4v) is 3.08. The first kappa shape index (κ1) is 15.1. The molecule has 0 radical (unpaired) electrons. The number of rotatable bonds is 4. The summed E-state index contributed by atoms with van der Waals surface area (Å²) in [7, 11) is 0. The lowest BCUT2D eigenvalue weighted by Crippen LogP contribution is -2.57. The average Bonchev–Trinajstić information content (AvgIpc) is 2.44. The van der Waals surface area contributed by atoms with Crippen LogP contribution >= 0.6 is 0 Å². The highest BCUT2D eigenvalue weighted by atomic mass is 16.4. The summed E-state index contributed by atoms with van der Waals surface area (Å²) >= 11 is 0. The molecule has 2 amide bonds. The van der Waals surface area contributed by atoms with E-state index in [1.807, 2.05) is 4.90 Å². The molecule has 1 atom stereocenters. The maximum atomic E-state index is 12.1. The Kier molecular flexibility index (Phi) is 5.23. The van der Waals surface area contributed by atoms with Crippen LogP contribution in [-0.4, -0.2) is 77.1 Å². The van der Waals surface area contributed by atoms with Crippen molar-refractivity contribution in [3.63, 3.8) is 0 Å². The van der Waals surface area contributed by atoms with Crippen LogP contribution in [0.5, 0.6) is 0 Å². The molecule has 0 aromatic carbocycles. The smallest absolute Gasteiger partial charge is 0.408 e. The summed E-state index contributed by atoms with van der Waals surface area (Å²) in [6.07, 6.45) is 3.88. The third-order valence-electron chi connectivity index (χ3n) is 4.34. The van der Waals surface area contributed by atoms with Crippen LogP contribution in [0.15, 0.2) is 0 Å². The van der Waals surface area contributed by atoms with Crippen molar-refractivity contribution in [3.05, 3.63) is 0 Å². The largest absolute Gasteiger partial charge is 0.465 e. The van der Waals surface area contributed by atoms with Crippen molar-refractivity contribution in [1.82, 2.24) is 14.7 Å². The quantitative estimate of drug-likeness (QED) is 0.838. The van der Waals surface area contributed by atoms with Gasteiger partial charge < -0.3 is 14.9 Å². The summed E-state index contributed by atoms with van der Waals surface area (Å²) in [5.74, 6) is -0.0581. The zero-order valence-corrected chi connectivity index (χ0v) is 12.3. The molecule has 2 rings (SSSR count).